The van der Waals surface area contributed by atoms with Crippen molar-refractivity contribution in [3.8, 4) is 0 Å². The van der Waals surface area contributed by atoms with E-state index < -0.39 is 0 Å². The third-order valence-electron chi connectivity index (χ3n) is 3.69. The second-order valence-electron chi connectivity index (χ2n) is 5.52. The molecule has 7 heteroatoms. The van der Waals surface area contributed by atoms with E-state index in [2.05, 4.69) is 22.3 Å². The molecule has 1 N–H and O–H groups in total. The van der Waals surface area contributed by atoms with E-state index in [1.807, 2.05) is 16.9 Å². The van der Waals surface area contributed by atoms with Crippen LogP contribution in [0.25, 0.3) is 10.8 Å². The Morgan fingerprint density at radius 3 is 2.91 bits per heavy atom. The van der Waals surface area contributed by atoms with Gasteiger partial charge in [-0.2, -0.15) is 5.10 Å². The molecule has 0 radical (unpaired) electrons. The highest BCUT2D eigenvalue weighted by molar-refractivity contribution is 5.99. The number of nitrogens with one attached hydrogen (secondary N) is 1. The lowest BCUT2D eigenvalue weighted by molar-refractivity contribution is -0.383. The van der Waals surface area contributed by atoms with Crippen LogP contribution < -0.4 is 5.32 Å². The van der Waals surface area contributed by atoms with Gasteiger partial charge in [0.15, 0.2) is 0 Å². The largest absolute Gasteiger partial charge is 0.384 e. The van der Waals surface area contributed by atoms with Crippen molar-refractivity contribution >= 4 is 22.1 Å². The molecule has 7 nitrogen and oxygen atoms in total. The van der Waals surface area contributed by atoms with Gasteiger partial charge in [-0.05, 0) is 24.1 Å². The van der Waals surface area contributed by atoms with E-state index in [4.69, 9.17) is 0 Å². The van der Waals surface area contributed by atoms with Crippen molar-refractivity contribution in [3.63, 3.8) is 0 Å². The SMILES string of the molecule is CC(CNc1ccc([N+](=O)[O-])c2cnccc12)Cn1cccn1. The van der Waals surface area contributed by atoms with Gasteiger partial charge >= 0.3 is 0 Å². The van der Waals surface area contributed by atoms with Crippen LogP contribution in [0.1, 0.15) is 6.92 Å². The quantitative estimate of drug-likeness (QED) is 0.558. The van der Waals surface area contributed by atoms with Crippen molar-refractivity contribution in [2.75, 3.05) is 11.9 Å². The summed E-state index contributed by atoms with van der Waals surface area (Å²) in [7, 11) is 0. The van der Waals surface area contributed by atoms with Crippen LogP contribution in [0, 0.1) is 16.0 Å². The van der Waals surface area contributed by atoms with Gasteiger partial charge in [-0.3, -0.25) is 19.8 Å². The summed E-state index contributed by atoms with van der Waals surface area (Å²) < 4.78 is 1.89. The molecule has 3 rings (SSSR count). The smallest absolute Gasteiger partial charge is 0.278 e. The number of benzene rings is 1. The molecule has 3 aromatic rings. The summed E-state index contributed by atoms with van der Waals surface area (Å²) in [5, 5.41) is 20.0. The van der Waals surface area contributed by atoms with E-state index in [0.717, 1.165) is 24.2 Å². The molecule has 2 heterocycles. The van der Waals surface area contributed by atoms with Gasteiger partial charge in [-0.25, -0.2) is 0 Å². The van der Waals surface area contributed by atoms with Crippen LogP contribution in [-0.4, -0.2) is 26.2 Å². The Morgan fingerprint density at radius 1 is 1.30 bits per heavy atom. The molecule has 0 amide bonds. The number of aromatic nitrogens is 3. The topological polar surface area (TPSA) is 85.9 Å². The molecule has 0 fully saturated rings. The molecule has 1 aromatic carbocycles. The lowest BCUT2D eigenvalue weighted by atomic mass is 10.1. The molecule has 0 bridgehead atoms. The maximum absolute atomic E-state index is 11.1. The second kappa shape index (κ2) is 6.43. The number of fused-ring (bicyclic) bond motifs is 1. The fourth-order valence-corrected chi connectivity index (χ4v) is 2.57. The molecule has 2 aromatic heterocycles. The average Bonchev–Trinajstić information content (AvgIpc) is 3.05. The first-order chi connectivity index (χ1) is 11.1. The molecule has 0 spiro atoms. The number of anilines is 1. The van der Waals surface area contributed by atoms with Crippen LogP contribution in [0.2, 0.25) is 0 Å². The Hall–Kier alpha value is -2.96. The molecule has 23 heavy (non-hydrogen) atoms. The van der Waals surface area contributed by atoms with E-state index in [9.17, 15) is 10.1 Å². The normalized spacial score (nSPS) is 12.2. The average molecular weight is 311 g/mol. The van der Waals surface area contributed by atoms with Gasteiger partial charge in [-0.15, -0.1) is 0 Å². The third-order valence-corrected chi connectivity index (χ3v) is 3.69. The van der Waals surface area contributed by atoms with Crippen LogP contribution in [0.4, 0.5) is 11.4 Å². The molecule has 1 atom stereocenters. The Morgan fingerprint density at radius 2 is 2.17 bits per heavy atom. The zero-order valence-corrected chi connectivity index (χ0v) is 12.7. The Labute approximate surface area is 133 Å². The lowest BCUT2D eigenvalue weighted by Gasteiger charge is -2.15. The zero-order valence-electron chi connectivity index (χ0n) is 12.7. The van der Waals surface area contributed by atoms with Crippen LogP contribution in [0.3, 0.4) is 0 Å². The molecule has 0 saturated carbocycles. The van der Waals surface area contributed by atoms with Crippen molar-refractivity contribution in [2.24, 2.45) is 5.92 Å². The first kappa shape index (κ1) is 15.0. The summed E-state index contributed by atoms with van der Waals surface area (Å²) in [4.78, 5) is 14.7. The summed E-state index contributed by atoms with van der Waals surface area (Å²) in [6, 6.07) is 6.96. The van der Waals surface area contributed by atoms with Crippen LogP contribution >= 0.6 is 0 Å². The lowest BCUT2D eigenvalue weighted by Crippen LogP contribution is -2.17. The molecule has 0 aliphatic rings. The molecule has 0 saturated heterocycles. The van der Waals surface area contributed by atoms with E-state index in [1.54, 1.807) is 24.5 Å². The maximum Gasteiger partial charge on any atom is 0.278 e. The van der Waals surface area contributed by atoms with E-state index in [1.165, 1.54) is 12.3 Å². The Kier molecular flexibility index (Phi) is 4.18. The van der Waals surface area contributed by atoms with Crippen molar-refractivity contribution in [2.45, 2.75) is 13.5 Å². The summed E-state index contributed by atoms with van der Waals surface area (Å²) in [6.07, 6.45) is 6.87. The first-order valence-electron chi connectivity index (χ1n) is 7.37. The number of hydrogen-bond donors (Lipinski definition) is 1. The van der Waals surface area contributed by atoms with Crippen molar-refractivity contribution < 1.29 is 4.92 Å². The summed E-state index contributed by atoms with van der Waals surface area (Å²) in [6.45, 7) is 3.69. The van der Waals surface area contributed by atoms with Gasteiger partial charge in [-0.1, -0.05) is 6.92 Å². The van der Waals surface area contributed by atoms with Crippen LogP contribution in [-0.2, 0) is 6.54 Å². The van der Waals surface area contributed by atoms with Crippen LogP contribution in [0.15, 0.2) is 49.1 Å². The Balaban J connectivity index is 1.78. The second-order valence-corrected chi connectivity index (χ2v) is 5.52. The van der Waals surface area contributed by atoms with E-state index >= 15 is 0 Å². The highest BCUT2D eigenvalue weighted by Gasteiger charge is 2.14. The third kappa shape index (κ3) is 3.28. The maximum atomic E-state index is 11.1. The van der Waals surface area contributed by atoms with E-state index in [0.29, 0.717) is 11.3 Å². The zero-order chi connectivity index (χ0) is 16.2. The molecule has 0 aliphatic carbocycles. The monoisotopic (exact) mass is 311 g/mol. The van der Waals surface area contributed by atoms with Gasteiger partial charge in [0.1, 0.15) is 0 Å². The fourth-order valence-electron chi connectivity index (χ4n) is 2.57. The Bertz CT molecular complexity index is 816. The number of non-ortho nitro benzene ring substituents is 1. The van der Waals surface area contributed by atoms with Gasteiger partial charge in [0.25, 0.3) is 5.69 Å². The summed E-state index contributed by atoms with van der Waals surface area (Å²) in [5.41, 5.74) is 0.948. The predicted octanol–water partition coefficient (Wildman–Crippen LogP) is 3.09. The molecule has 118 valence electrons. The van der Waals surface area contributed by atoms with E-state index in [-0.39, 0.29) is 10.6 Å². The molecular weight excluding hydrogens is 294 g/mol. The fraction of sp³-hybridized carbons (Fsp3) is 0.250. The molecule has 1 unspecified atom stereocenters. The van der Waals surface area contributed by atoms with Crippen molar-refractivity contribution in [1.82, 2.24) is 14.8 Å². The van der Waals surface area contributed by atoms with Gasteiger partial charge < -0.3 is 5.32 Å². The first-order valence-corrected chi connectivity index (χ1v) is 7.37. The minimum absolute atomic E-state index is 0.0724. The highest BCUT2D eigenvalue weighted by atomic mass is 16.6. The molecule has 0 aliphatic heterocycles. The summed E-state index contributed by atoms with van der Waals surface area (Å²) >= 11 is 0. The summed E-state index contributed by atoms with van der Waals surface area (Å²) in [5.74, 6) is 0.363. The minimum atomic E-state index is -0.381. The number of nitrogens with zero attached hydrogens (tertiary/aromatic N) is 4. The number of hydrogen-bond acceptors (Lipinski definition) is 5. The minimum Gasteiger partial charge on any atom is -0.384 e. The van der Waals surface area contributed by atoms with Crippen LogP contribution in [0.5, 0.6) is 0 Å². The van der Waals surface area contributed by atoms with Gasteiger partial charge in [0.2, 0.25) is 0 Å². The number of rotatable bonds is 6. The standard InChI is InChI=1S/C16H17N5O2/c1-12(11-20-8-2-6-19-20)9-18-15-3-4-16(21(22)23)14-10-17-7-5-13(14)15/h2-8,10,12,18H,9,11H2,1H3. The molecular formula is C16H17N5O2. The number of pyridine rings is 1. The van der Waals surface area contributed by atoms with Gasteiger partial charge in [0, 0.05) is 55.0 Å². The van der Waals surface area contributed by atoms with Crippen molar-refractivity contribution in [3.05, 3.63) is 59.2 Å². The van der Waals surface area contributed by atoms with Crippen molar-refractivity contribution in [1.29, 1.82) is 0 Å². The number of nitro benzene ring substituents is 1. The highest BCUT2D eigenvalue weighted by Crippen LogP contribution is 2.30. The number of nitro groups is 1. The predicted molar refractivity (Wildman–Crippen MR) is 88.3 cm³/mol. The van der Waals surface area contributed by atoms with Gasteiger partial charge in [0.05, 0.1) is 10.3 Å².